The van der Waals surface area contributed by atoms with Gasteiger partial charge in [-0.1, -0.05) is 122 Å². The number of hydrogen-bond donors (Lipinski definition) is 0. The van der Waals surface area contributed by atoms with Crippen LogP contribution in [0.4, 0.5) is 0 Å². The van der Waals surface area contributed by atoms with Crippen LogP contribution in [0.3, 0.4) is 0 Å². The van der Waals surface area contributed by atoms with E-state index in [0.717, 1.165) is 149 Å². The number of benzene rings is 11. The second-order valence-electron chi connectivity index (χ2n) is 42.5. The molecule has 0 N–H and O–H groups in total. The molecule has 0 spiro atoms. The van der Waals surface area contributed by atoms with Crippen LogP contribution in [0.25, 0.3) is 53.9 Å². The predicted octanol–water partition coefficient (Wildman–Crippen LogP) is 27.4. The molecule has 15 heteroatoms. The van der Waals surface area contributed by atoms with E-state index in [2.05, 4.69) is 164 Å². The van der Waals surface area contributed by atoms with Gasteiger partial charge in [-0.3, -0.25) is 19.2 Å². The van der Waals surface area contributed by atoms with Crippen LogP contribution in [-0.4, -0.2) is 87.4 Å². The molecular weight excluding hydrogens is 1740 g/mol. The van der Waals surface area contributed by atoms with Crippen molar-refractivity contribution in [2.75, 3.05) is 57.5 Å². The third-order valence-electron chi connectivity index (χ3n) is 33.7. The van der Waals surface area contributed by atoms with Gasteiger partial charge in [-0.15, -0.1) is 0 Å². The van der Waals surface area contributed by atoms with Gasteiger partial charge in [0, 0.05) is 108 Å². The Hall–Kier alpha value is -8.18. The topological polar surface area (TPSA) is 132 Å². The van der Waals surface area contributed by atoms with E-state index in [1.54, 1.807) is 12.1 Å². The Labute approximate surface area is 802 Å². The zero-order chi connectivity index (χ0) is 89.5. The summed E-state index contributed by atoms with van der Waals surface area (Å²) < 4.78 is 30.1. The van der Waals surface area contributed by atoms with Crippen molar-refractivity contribution >= 4 is 138 Å². The maximum atomic E-state index is 13.5. The Morgan fingerprint density at radius 1 is 0.226 bits per heavy atom. The lowest BCUT2D eigenvalue weighted by Gasteiger charge is -2.55. The molecular formula is C118H133O10S5+5. The summed E-state index contributed by atoms with van der Waals surface area (Å²) in [7, 11) is 1.75. The number of hydrogen-bond acceptors (Lipinski definition) is 10. The van der Waals surface area contributed by atoms with Crippen molar-refractivity contribution in [3.8, 4) is 28.7 Å². The average Bonchev–Trinajstić information content (AvgIpc) is 1.02. The molecule has 6 unspecified atom stereocenters. The summed E-state index contributed by atoms with van der Waals surface area (Å²) in [4.78, 5) is 72.2. The smallest absolute Gasteiger partial charge is 0.343 e. The van der Waals surface area contributed by atoms with Gasteiger partial charge in [0.2, 0.25) is 0 Å². The second kappa shape index (κ2) is 40.1. The molecule has 11 aromatic carbocycles. The van der Waals surface area contributed by atoms with Crippen LogP contribution in [-0.2, 0) is 73.7 Å². The normalized spacial score (nSPS) is 28.4. The molecule has 12 aliphatic carbocycles. The van der Waals surface area contributed by atoms with Crippen molar-refractivity contribution in [3.05, 3.63) is 218 Å². The zero-order valence-electron chi connectivity index (χ0n) is 77.7. The van der Waals surface area contributed by atoms with E-state index in [1.165, 1.54) is 269 Å². The van der Waals surface area contributed by atoms with Crippen molar-refractivity contribution in [2.24, 2.45) is 81.8 Å². The second-order valence-corrected chi connectivity index (χ2v) is 53.7. The molecule has 0 amide bonds. The molecule has 0 aromatic heterocycles. The van der Waals surface area contributed by atoms with E-state index in [4.69, 9.17) is 23.7 Å². The minimum absolute atomic E-state index is 0.00779. The number of rotatable bonds is 15. The van der Waals surface area contributed by atoms with Crippen molar-refractivity contribution in [1.82, 2.24) is 0 Å². The number of ether oxygens (including phenoxy) is 5. The first-order valence-electron chi connectivity index (χ1n) is 51.4. The van der Waals surface area contributed by atoms with Crippen LogP contribution in [0.2, 0.25) is 0 Å². The molecule has 690 valence electrons. The summed E-state index contributed by atoms with van der Waals surface area (Å²) >= 11 is 0. The molecule has 5 saturated heterocycles. The summed E-state index contributed by atoms with van der Waals surface area (Å²) in [6.07, 6.45) is 41.7. The predicted molar refractivity (Wildman–Crippen MR) is 550 cm³/mol. The van der Waals surface area contributed by atoms with Crippen molar-refractivity contribution in [3.63, 3.8) is 0 Å². The third-order valence-corrected chi connectivity index (χ3v) is 46.5. The van der Waals surface area contributed by atoms with Gasteiger partial charge < -0.3 is 23.7 Å². The third kappa shape index (κ3) is 19.1. The minimum Gasteiger partial charge on any atom is -0.426 e. The minimum atomic E-state index is -0.307. The van der Waals surface area contributed by atoms with Crippen LogP contribution in [0.1, 0.15) is 222 Å². The molecule has 10 nitrogen and oxygen atoms in total. The fourth-order valence-electron chi connectivity index (χ4n) is 28.1. The van der Waals surface area contributed by atoms with E-state index in [9.17, 15) is 24.0 Å². The lowest BCUT2D eigenvalue weighted by Crippen LogP contribution is -2.51. The average molecular weight is 1870 g/mol. The first-order valence-corrected chi connectivity index (χ1v) is 59.2. The van der Waals surface area contributed by atoms with E-state index < -0.39 is 0 Å². The molecule has 11 aromatic rings. The number of esters is 5. The monoisotopic (exact) mass is 1870 g/mol. The fraction of sp³-hybridized carbons (Fsp3) is 0.483. The van der Waals surface area contributed by atoms with Crippen LogP contribution in [0, 0.1) is 81.8 Å². The summed E-state index contributed by atoms with van der Waals surface area (Å²) in [6.45, 7) is 0. The van der Waals surface area contributed by atoms with E-state index in [-0.39, 0.29) is 52.5 Å². The van der Waals surface area contributed by atoms with Gasteiger partial charge in [-0.25, -0.2) is 4.79 Å². The SMILES string of the molecule is O=C(Oc1ccc([S+]2CCCC2)c2ccccc12)C12CC3CC(CC(C3)C1)C2.O=C(Oc1ccc([S+]2CCCC2)c2ccccc12)C1CC2CCC1C2.O=C(Oc1ccc([S+]2CCCCC2)c2ccccc12)C12CC3CC(CC(C3)C1)C2.O=C(Oc1ccc([S+]2CCCCC2)c2ccccc12)C1CC2CCC1C2.O=C(Oc1ccc([S+]2CCCCC2)c2ccccc12)c1ccccc1. The van der Waals surface area contributed by atoms with Crippen LogP contribution >= 0.6 is 0 Å². The van der Waals surface area contributed by atoms with E-state index in [1.807, 2.05) is 36.4 Å². The Morgan fingerprint density at radius 2 is 0.466 bits per heavy atom. The highest BCUT2D eigenvalue weighted by Gasteiger charge is 2.58. The first-order chi connectivity index (χ1) is 65.3. The van der Waals surface area contributed by atoms with Crippen molar-refractivity contribution in [2.45, 2.75) is 236 Å². The maximum absolute atomic E-state index is 13.5. The van der Waals surface area contributed by atoms with Crippen LogP contribution in [0.15, 0.2) is 237 Å². The lowest BCUT2D eigenvalue weighted by atomic mass is 9.49. The molecule has 17 fully saturated rings. The molecule has 5 heterocycles. The Balaban J connectivity index is 0.0000000970. The molecule has 133 heavy (non-hydrogen) atoms. The Morgan fingerprint density at radius 3 is 0.722 bits per heavy atom. The van der Waals surface area contributed by atoms with Gasteiger partial charge in [0.05, 0.1) is 28.2 Å². The summed E-state index contributed by atoms with van der Waals surface area (Å²) in [5.41, 5.74) is 0.186. The number of carbonyl (C=O) groups excluding carboxylic acids is 5. The summed E-state index contributed by atoms with van der Waals surface area (Å²) in [6, 6.07) is 73.0. The van der Waals surface area contributed by atoms with Gasteiger partial charge in [-0.05, 0) is 361 Å². The molecule has 0 radical (unpaired) electrons. The van der Waals surface area contributed by atoms with Gasteiger partial charge in [0.25, 0.3) is 0 Å². The lowest BCUT2D eigenvalue weighted by molar-refractivity contribution is -0.162. The Kier molecular flexibility index (Phi) is 27.1. The first kappa shape index (κ1) is 90.0. The molecule has 17 aliphatic rings. The number of fused-ring (bicyclic) bond motifs is 9. The summed E-state index contributed by atoms with van der Waals surface area (Å²) in [5.74, 6) is 24.2. The van der Waals surface area contributed by atoms with E-state index >= 15 is 0 Å². The highest BCUT2D eigenvalue weighted by atomic mass is 32.2. The molecule has 12 saturated carbocycles. The van der Waals surface area contributed by atoms with Gasteiger partial charge >= 0.3 is 29.8 Å². The quantitative estimate of drug-likeness (QED) is 0.0555. The zero-order valence-corrected chi connectivity index (χ0v) is 81.7. The summed E-state index contributed by atoms with van der Waals surface area (Å²) in [5, 5.41) is 11.9. The largest absolute Gasteiger partial charge is 0.426 e. The highest BCUT2D eigenvalue weighted by molar-refractivity contribution is 7.98. The van der Waals surface area contributed by atoms with Crippen LogP contribution < -0.4 is 23.7 Å². The van der Waals surface area contributed by atoms with Crippen LogP contribution in [0.5, 0.6) is 28.7 Å². The number of carbonyl (C=O) groups is 5. The van der Waals surface area contributed by atoms with E-state index in [0.29, 0.717) is 77.6 Å². The maximum Gasteiger partial charge on any atom is 0.343 e. The fourth-order valence-corrected chi connectivity index (χ4v) is 40.6. The standard InChI is InChI=1S/C26H31O2S.C25H29O2S.C23H27O2S.C22H25O2S.C22H21O2S/c27-25(26-15-18-12-19(16-26)14-20(13-18)17-26)28-23-8-9-24(29-10-4-1-5-11-29)22-7-3-2-6-21(22)23;26-24(25-14-17-11-18(15-25)13-19(12-17)16-25)27-22-7-8-23(28-9-3-4-10-28)21-6-2-1-5-20(21)22;24-23(20-15-16-8-9-17(20)14-16)25-21-10-11-22(26-12-4-1-5-13-26)19-7-3-2-6-18(19)21;23-22(19-14-15-7-8-16(19)13-15)24-20-9-10-21(25-11-3-4-12-25)18-6-2-1-5-17(18)20;23-22(17-9-3-1-4-10-17)24-20-13-14-21(25-15-7-2-8-16-25)19-12-6-5-11-18(19)20/h2-3,6-9,18-20H,1,4-5,10-17H2;1-2,5-8,17-19H,3-4,9-16H2;2-3,6-7,10-11,16-17,20H,1,4-5,8-9,12-15H2;1-2,5-6,9-10,15-16,19H,3-4,7-8,11-14H2;1,3-6,9-14H,2,7-8,15-16H2/q5*+1. The van der Waals surface area contributed by atoms with Gasteiger partial charge in [0.15, 0.2) is 24.5 Å². The molecule has 6 atom stereocenters. The highest BCUT2D eigenvalue weighted by Crippen LogP contribution is 2.63. The van der Waals surface area contributed by atoms with Crippen molar-refractivity contribution < 1.29 is 47.7 Å². The van der Waals surface area contributed by atoms with Gasteiger partial charge in [0.1, 0.15) is 86.3 Å². The molecule has 5 aliphatic heterocycles. The molecule has 28 rings (SSSR count). The molecule has 12 bridgehead atoms. The van der Waals surface area contributed by atoms with Crippen molar-refractivity contribution in [1.29, 1.82) is 0 Å². The Bertz CT molecular complexity index is 6020. The van der Waals surface area contributed by atoms with Gasteiger partial charge in [-0.2, -0.15) is 0 Å².